The first-order valence-electron chi connectivity index (χ1n) is 17.1. The van der Waals surface area contributed by atoms with Gasteiger partial charge in [-0.25, -0.2) is 0 Å². The van der Waals surface area contributed by atoms with Gasteiger partial charge in [0.2, 0.25) is 0 Å². The fourth-order valence-electron chi connectivity index (χ4n) is 6.68. The van der Waals surface area contributed by atoms with Crippen molar-refractivity contribution in [2.75, 3.05) is 0 Å². The van der Waals surface area contributed by atoms with Gasteiger partial charge in [-0.2, -0.15) is 0 Å². The topological polar surface area (TPSA) is 106 Å². The molecule has 0 amide bonds. The first-order valence-corrected chi connectivity index (χ1v) is 17.1. The van der Waals surface area contributed by atoms with Crippen LogP contribution in [0.3, 0.4) is 0 Å². The second-order valence-electron chi connectivity index (χ2n) is 12.7. The number of esters is 1. The maximum absolute atomic E-state index is 12.4. The summed E-state index contributed by atoms with van der Waals surface area (Å²) in [5.74, 6) is 2.03. The Hall–Kier alpha value is -6.87. The summed E-state index contributed by atoms with van der Waals surface area (Å²) in [6, 6.07) is 42.3. The van der Waals surface area contributed by atoms with Gasteiger partial charge >= 0.3 is 5.97 Å². The molecule has 6 bridgehead atoms. The molecule has 9 nitrogen and oxygen atoms in total. The standard InChI is InChI=1S/C44H33NO8/c1-28(46)53-37-22-33-26-49-35-16-10-29(11-17-35)24-51-40-20-14-31-6-2-4-8-38(31)42(40)43-39-9-5-3-7-32(39)15-21-41(43)52-25-30-12-18-36(19-13-30)50-27-34(23-37)44(33)45(47)48/h2-23H,24-27H2,1H3. The van der Waals surface area contributed by atoms with Crippen molar-refractivity contribution in [3.8, 4) is 39.9 Å². The zero-order valence-electron chi connectivity index (χ0n) is 28.7. The van der Waals surface area contributed by atoms with Gasteiger partial charge in [0.25, 0.3) is 5.69 Å². The second kappa shape index (κ2) is 14.4. The highest BCUT2D eigenvalue weighted by atomic mass is 16.6. The fourth-order valence-corrected chi connectivity index (χ4v) is 6.68. The average molecular weight is 704 g/mol. The van der Waals surface area contributed by atoms with Crippen molar-refractivity contribution in [3.05, 3.63) is 166 Å². The lowest BCUT2D eigenvalue weighted by molar-refractivity contribution is -0.386. The minimum Gasteiger partial charge on any atom is -0.489 e. The van der Waals surface area contributed by atoms with Crippen molar-refractivity contribution in [2.45, 2.75) is 33.4 Å². The van der Waals surface area contributed by atoms with E-state index in [2.05, 4.69) is 36.4 Å². The van der Waals surface area contributed by atoms with Crippen LogP contribution in [-0.2, 0) is 31.2 Å². The Morgan fingerprint density at radius 3 is 1.47 bits per heavy atom. The molecule has 4 aliphatic rings. The Labute approximate surface area is 305 Å². The van der Waals surface area contributed by atoms with Gasteiger partial charge in [0, 0.05) is 18.1 Å². The van der Waals surface area contributed by atoms with Crippen LogP contribution in [0.25, 0.3) is 32.7 Å². The molecule has 9 heteroatoms. The largest absolute Gasteiger partial charge is 0.489 e. The van der Waals surface area contributed by atoms with Crippen LogP contribution in [0.2, 0.25) is 0 Å². The number of fused-ring (bicyclic) bond motifs is 2. The molecule has 0 N–H and O–H groups in total. The van der Waals surface area contributed by atoms with Crippen molar-refractivity contribution < 1.29 is 33.4 Å². The third-order valence-corrected chi connectivity index (χ3v) is 9.14. The quantitative estimate of drug-likeness (QED) is 0.0758. The maximum atomic E-state index is 12.4. The van der Waals surface area contributed by atoms with E-state index < -0.39 is 10.9 Å². The fraction of sp³-hybridized carbons (Fsp3) is 0.114. The number of hydrogen-bond acceptors (Lipinski definition) is 8. The first kappa shape index (κ1) is 33.3. The van der Waals surface area contributed by atoms with Crippen molar-refractivity contribution in [1.82, 2.24) is 0 Å². The molecule has 0 fully saturated rings. The van der Waals surface area contributed by atoms with E-state index in [-0.39, 0.29) is 49.0 Å². The van der Waals surface area contributed by atoms with Gasteiger partial charge in [-0.3, -0.25) is 14.9 Å². The summed E-state index contributed by atoms with van der Waals surface area (Å²) in [5.41, 5.74) is 3.97. The number of hydrogen-bond donors (Lipinski definition) is 0. The van der Waals surface area contributed by atoms with Crippen molar-refractivity contribution >= 4 is 33.2 Å². The zero-order chi connectivity index (χ0) is 36.3. The number of nitro benzene ring substituents is 1. The number of ether oxygens (including phenoxy) is 5. The molecule has 0 saturated carbocycles. The monoisotopic (exact) mass is 703 g/mol. The number of benzene rings is 7. The van der Waals surface area contributed by atoms with E-state index in [9.17, 15) is 14.9 Å². The molecular weight excluding hydrogens is 670 g/mol. The predicted molar refractivity (Wildman–Crippen MR) is 202 cm³/mol. The molecule has 0 spiro atoms. The third-order valence-electron chi connectivity index (χ3n) is 9.14. The molecule has 7 aromatic carbocycles. The van der Waals surface area contributed by atoms with Gasteiger partial charge in [-0.05, 0) is 81.2 Å². The molecule has 4 heterocycles. The van der Waals surface area contributed by atoms with E-state index >= 15 is 0 Å². The highest BCUT2D eigenvalue weighted by Gasteiger charge is 2.24. The molecule has 262 valence electrons. The first-order chi connectivity index (χ1) is 25.9. The van der Waals surface area contributed by atoms with Crippen LogP contribution in [-0.4, -0.2) is 10.9 Å². The molecule has 0 aliphatic carbocycles. The van der Waals surface area contributed by atoms with Gasteiger partial charge in [0.05, 0.1) is 16.1 Å². The molecule has 7 aromatic rings. The number of nitrogens with zero attached hydrogens (tertiary/aromatic N) is 1. The summed E-state index contributed by atoms with van der Waals surface area (Å²) in [6.45, 7) is 1.54. The van der Waals surface area contributed by atoms with Crippen LogP contribution < -0.4 is 23.7 Å². The van der Waals surface area contributed by atoms with Crippen molar-refractivity contribution in [3.63, 3.8) is 0 Å². The normalized spacial score (nSPS) is 12.8. The third kappa shape index (κ3) is 7.05. The molecule has 0 saturated heterocycles. The van der Waals surface area contributed by atoms with E-state index in [1.54, 1.807) is 24.3 Å². The Morgan fingerprint density at radius 1 is 0.585 bits per heavy atom. The summed E-state index contributed by atoms with van der Waals surface area (Å²) in [7, 11) is 0. The maximum Gasteiger partial charge on any atom is 0.308 e. The molecular formula is C44H33NO8. The number of carbonyl (C=O) groups is 1. The molecule has 11 rings (SSSR count). The summed E-state index contributed by atoms with van der Waals surface area (Å²) >= 11 is 0. The number of rotatable bonds is 2. The summed E-state index contributed by atoms with van der Waals surface area (Å²) in [6.07, 6.45) is 0. The lowest BCUT2D eigenvalue weighted by atomic mass is 9.92. The highest BCUT2D eigenvalue weighted by Crippen LogP contribution is 2.46. The van der Waals surface area contributed by atoms with Gasteiger partial charge in [-0.15, -0.1) is 0 Å². The van der Waals surface area contributed by atoms with E-state index in [0.29, 0.717) is 23.0 Å². The van der Waals surface area contributed by atoms with E-state index in [1.807, 2.05) is 60.7 Å². The molecule has 0 unspecified atom stereocenters. The molecule has 0 radical (unpaired) electrons. The van der Waals surface area contributed by atoms with E-state index in [1.165, 1.54) is 19.1 Å². The van der Waals surface area contributed by atoms with Crippen LogP contribution >= 0.6 is 0 Å². The zero-order valence-corrected chi connectivity index (χ0v) is 28.7. The van der Waals surface area contributed by atoms with E-state index in [4.69, 9.17) is 23.7 Å². The molecule has 0 aromatic heterocycles. The van der Waals surface area contributed by atoms with Gasteiger partial charge in [0.15, 0.2) is 0 Å². The summed E-state index contributed by atoms with van der Waals surface area (Å²) in [4.78, 5) is 23.7. The second-order valence-corrected chi connectivity index (χ2v) is 12.7. The Balaban J connectivity index is 1.23. The highest BCUT2D eigenvalue weighted by molar-refractivity contribution is 6.09. The van der Waals surface area contributed by atoms with Crippen LogP contribution in [0.4, 0.5) is 5.69 Å². The van der Waals surface area contributed by atoms with Crippen molar-refractivity contribution in [2.24, 2.45) is 0 Å². The van der Waals surface area contributed by atoms with Gasteiger partial charge in [0.1, 0.15) is 55.2 Å². The molecule has 4 aliphatic heterocycles. The predicted octanol–water partition coefficient (Wildman–Crippen LogP) is 10.1. The Kier molecular flexibility index (Phi) is 9.04. The van der Waals surface area contributed by atoms with Crippen molar-refractivity contribution in [1.29, 1.82) is 0 Å². The Bertz CT molecular complexity index is 2330. The summed E-state index contributed by atoms with van der Waals surface area (Å²) < 4.78 is 30.6. The van der Waals surface area contributed by atoms with Crippen LogP contribution in [0, 0.1) is 10.1 Å². The average Bonchev–Trinajstić information content (AvgIpc) is 3.17. The Morgan fingerprint density at radius 2 is 1.04 bits per heavy atom. The number of nitro groups is 1. The minimum atomic E-state index is -0.552. The lowest BCUT2D eigenvalue weighted by Crippen LogP contribution is -2.09. The molecule has 0 atom stereocenters. The van der Waals surface area contributed by atoms with E-state index in [0.717, 1.165) is 43.8 Å². The van der Waals surface area contributed by atoms with Crippen LogP contribution in [0.5, 0.6) is 28.7 Å². The molecule has 53 heavy (non-hydrogen) atoms. The van der Waals surface area contributed by atoms with Crippen LogP contribution in [0.1, 0.15) is 29.2 Å². The number of carbonyl (C=O) groups excluding carboxylic acids is 1. The van der Waals surface area contributed by atoms with Gasteiger partial charge < -0.3 is 23.7 Å². The lowest BCUT2D eigenvalue weighted by Gasteiger charge is -2.20. The SMILES string of the molecule is CC(=O)Oc1cc2c([N+](=O)[O-])c(c1)COc1ccc(cc1)COc1ccc3ccccc3c1-c1c(ccc3ccccc13)OCc1ccc(cc1)OC2. The minimum absolute atomic E-state index is 0.142. The van der Waals surface area contributed by atoms with Crippen LogP contribution in [0.15, 0.2) is 133 Å². The van der Waals surface area contributed by atoms with Gasteiger partial charge in [-0.1, -0.05) is 84.9 Å². The smallest absolute Gasteiger partial charge is 0.308 e. The summed E-state index contributed by atoms with van der Waals surface area (Å²) in [5, 5.41) is 16.6.